The molecule has 6 amide bonds. The van der Waals surface area contributed by atoms with Crippen LogP contribution in [0.4, 0.5) is 15.3 Å². The summed E-state index contributed by atoms with van der Waals surface area (Å²) in [6.07, 6.45) is 0.329. The molecule has 60 heavy (non-hydrogen) atoms. The van der Waals surface area contributed by atoms with Crippen molar-refractivity contribution in [3.05, 3.63) is 95.1 Å². The number of rotatable bonds is 13. The highest BCUT2D eigenvalue weighted by molar-refractivity contribution is 5.96. The average Bonchev–Trinajstić information content (AvgIpc) is 3.97. The number of carboxylic acid groups (broad SMARTS) is 2. The van der Waals surface area contributed by atoms with Crippen LogP contribution in [-0.2, 0) is 30.3 Å². The number of amides is 6. The van der Waals surface area contributed by atoms with E-state index in [4.69, 9.17) is 11.5 Å². The molecule has 0 aromatic heterocycles. The molecule has 3 fully saturated rings. The minimum atomic E-state index is -1.47. The van der Waals surface area contributed by atoms with Crippen molar-refractivity contribution in [1.82, 2.24) is 20.4 Å². The molecule has 0 unspecified atom stereocenters. The number of nitrogens with one attached hydrogen (secondary N) is 2. The van der Waals surface area contributed by atoms with Crippen molar-refractivity contribution in [1.29, 1.82) is 0 Å². The van der Waals surface area contributed by atoms with Crippen LogP contribution in [0, 0.1) is 11.8 Å². The highest BCUT2D eigenvalue weighted by atomic mass is 16.4. The molecule has 3 heterocycles. The van der Waals surface area contributed by atoms with Crippen LogP contribution < -0.4 is 27.0 Å². The molecule has 0 saturated carbocycles. The van der Waals surface area contributed by atoms with E-state index in [1.165, 1.54) is 9.80 Å². The van der Waals surface area contributed by atoms with Crippen molar-refractivity contribution in [2.45, 2.75) is 101 Å². The van der Waals surface area contributed by atoms with Gasteiger partial charge in [-0.25, -0.2) is 9.59 Å². The summed E-state index contributed by atoms with van der Waals surface area (Å²) in [6.45, 7) is 7.40. The SMILES string of the molecule is CC(C)[C@H](NC(=O)O)C(=O)N1CCC[C@@]1(C(N)=O)c1ccc([C@@H]2CC[C@@H](c3ccc([C@]4(C(N)=O)CCCN4C(=O)[C@@H](NC(=O)O)C(C)C)cc3)N2c2ccc(O)cc2)cc1. The Morgan fingerprint density at radius 2 is 0.983 bits per heavy atom. The van der Waals surface area contributed by atoms with E-state index in [0.29, 0.717) is 24.0 Å². The zero-order valence-electron chi connectivity index (χ0n) is 34.3. The van der Waals surface area contributed by atoms with Crippen LogP contribution in [0.5, 0.6) is 5.75 Å². The third kappa shape index (κ3) is 7.77. The Bertz CT molecular complexity index is 1980. The van der Waals surface area contributed by atoms with Crippen LogP contribution >= 0.6 is 0 Å². The van der Waals surface area contributed by atoms with Crippen molar-refractivity contribution < 1.29 is 44.1 Å². The van der Waals surface area contributed by atoms with Gasteiger partial charge in [-0.3, -0.25) is 19.2 Å². The van der Waals surface area contributed by atoms with Crippen LogP contribution in [0.2, 0.25) is 0 Å². The van der Waals surface area contributed by atoms with E-state index >= 15 is 0 Å². The van der Waals surface area contributed by atoms with E-state index in [0.717, 1.165) is 29.7 Å². The predicted molar refractivity (Wildman–Crippen MR) is 221 cm³/mol. The van der Waals surface area contributed by atoms with Gasteiger partial charge >= 0.3 is 12.2 Å². The summed E-state index contributed by atoms with van der Waals surface area (Å²) < 4.78 is 0. The maximum atomic E-state index is 13.9. The van der Waals surface area contributed by atoms with Crippen LogP contribution in [0.1, 0.15) is 101 Å². The molecule has 3 saturated heterocycles. The van der Waals surface area contributed by atoms with Gasteiger partial charge in [0.1, 0.15) is 28.9 Å². The van der Waals surface area contributed by atoms with Gasteiger partial charge in [0, 0.05) is 18.8 Å². The summed E-state index contributed by atoms with van der Waals surface area (Å²) in [4.78, 5) is 82.7. The van der Waals surface area contributed by atoms with Gasteiger partial charge in [0.25, 0.3) is 0 Å². The summed E-state index contributed by atoms with van der Waals surface area (Å²) >= 11 is 0. The van der Waals surface area contributed by atoms with Gasteiger partial charge in [-0.1, -0.05) is 76.2 Å². The number of likely N-dealkylation sites (tertiary alicyclic amines) is 2. The molecular weight excluding hydrogens is 771 g/mol. The van der Waals surface area contributed by atoms with Gasteiger partial charge in [-0.2, -0.15) is 0 Å². The van der Waals surface area contributed by atoms with E-state index in [1.807, 2.05) is 60.7 Å². The first-order chi connectivity index (χ1) is 28.4. The first-order valence-electron chi connectivity index (χ1n) is 20.4. The summed E-state index contributed by atoms with van der Waals surface area (Å²) in [7, 11) is 0. The van der Waals surface area contributed by atoms with Gasteiger partial charge in [0.15, 0.2) is 0 Å². The Kier molecular flexibility index (Phi) is 12.3. The van der Waals surface area contributed by atoms with Crippen molar-refractivity contribution >= 4 is 41.5 Å². The zero-order chi connectivity index (χ0) is 43.7. The molecule has 3 aliphatic rings. The lowest BCUT2D eigenvalue weighted by molar-refractivity contribution is -0.146. The quantitative estimate of drug-likeness (QED) is 0.126. The second kappa shape index (κ2) is 17.1. The number of nitrogens with zero attached hydrogens (tertiary/aromatic N) is 3. The fraction of sp³-hybridized carbons (Fsp3) is 0.455. The molecule has 16 nitrogen and oxygen atoms in total. The second-order valence-corrected chi connectivity index (χ2v) is 16.8. The fourth-order valence-corrected chi connectivity index (χ4v) is 9.67. The van der Waals surface area contributed by atoms with Crippen molar-refractivity contribution in [3.8, 4) is 5.75 Å². The number of carbonyl (C=O) groups excluding carboxylic acids is 4. The molecule has 3 aliphatic heterocycles. The zero-order valence-corrected chi connectivity index (χ0v) is 34.3. The summed E-state index contributed by atoms with van der Waals surface area (Å²) in [5, 5.41) is 33.7. The lowest BCUT2D eigenvalue weighted by Gasteiger charge is -2.39. The van der Waals surface area contributed by atoms with Crippen LogP contribution in [-0.4, -0.2) is 86.1 Å². The Morgan fingerprint density at radius 3 is 1.30 bits per heavy atom. The minimum Gasteiger partial charge on any atom is -0.508 e. The maximum Gasteiger partial charge on any atom is 0.405 e. The number of carbonyl (C=O) groups is 6. The Hall–Kier alpha value is -6.32. The van der Waals surface area contributed by atoms with Crippen LogP contribution in [0.15, 0.2) is 72.8 Å². The minimum absolute atomic E-state index is 0.108. The van der Waals surface area contributed by atoms with Gasteiger partial charge in [0.05, 0.1) is 12.1 Å². The van der Waals surface area contributed by atoms with E-state index in [9.17, 15) is 44.1 Å². The molecule has 9 N–H and O–H groups in total. The van der Waals surface area contributed by atoms with E-state index in [1.54, 1.807) is 39.8 Å². The van der Waals surface area contributed by atoms with E-state index in [-0.39, 0.29) is 55.6 Å². The third-order valence-electron chi connectivity index (χ3n) is 12.6. The largest absolute Gasteiger partial charge is 0.508 e. The molecule has 320 valence electrons. The number of aromatic hydroxyl groups is 1. The smallest absolute Gasteiger partial charge is 0.405 e. The number of anilines is 1. The number of phenols is 1. The van der Waals surface area contributed by atoms with Crippen molar-refractivity contribution in [2.24, 2.45) is 23.3 Å². The first kappa shape index (κ1) is 43.3. The maximum absolute atomic E-state index is 13.9. The topological polar surface area (TPSA) is 249 Å². The molecule has 0 aliphatic carbocycles. The second-order valence-electron chi connectivity index (χ2n) is 16.8. The van der Waals surface area contributed by atoms with Crippen LogP contribution in [0.3, 0.4) is 0 Å². The molecule has 16 heteroatoms. The van der Waals surface area contributed by atoms with Crippen molar-refractivity contribution in [3.63, 3.8) is 0 Å². The Labute approximate surface area is 348 Å². The number of hydrogen-bond acceptors (Lipinski definition) is 8. The predicted octanol–water partition coefficient (Wildman–Crippen LogP) is 4.67. The first-order valence-corrected chi connectivity index (χ1v) is 20.4. The molecule has 3 aromatic rings. The Morgan fingerprint density at radius 1 is 0.617 bits per heavy atom. The summed E-state index contributed by atoms with van der Waals surface area (Å²) in [6, 6.07) is 19.4. The molecule has 0 bridgehead atoms. The van der Waals surface area contributed by atoms with Gasteiger partial charge in [-0.15, -0.1) is 0 Å². The highest BCUT2D eigenvalue weighted by Gasteiger charge is 2.53. The summed E-state index contributed by atoms with van der Waals surface area (Å²) in [5.41, 5.74) is 13.0. The standard InChI is InChI=1S/C44H55N7O9/c1-25(2)35(47-41(57)58)37(53)49-23-5-21-43(49,39(45)55)29-11-7-27(8-12-29)33-19-20-34(51(33)31-15-17-32(52)18-16-31)28-9-13-30(14-10-28)44(40(46)56)22-6-24-50(44)38(54)36(26(3)4)48-42(59)60/h7-18,25-26,33-36,47-48,52H,5-6,19-24H2,1-4H3,(H2,45,55)(H2,46,56)(H,57,58)(H,59,60)/t33-,34-,35-,36-,43-,44-/m0/s1. The van der Waals surface area contributed by atoms with Gasteiger partial charge in [-0.05, 0) is 96.9 Å². The van der Waals surface area contributed by atoms with Gasteiger partial charge < -0.3 is 52.1 Å². The lowest BCUT2D eigenvalue weighted by Crippen LogP contribution is -2.59. The normalized spacial score (nSPS) is 23.7. The molecule has 0 radical (unpaired) electrons. The Balaban J connectivity index is 1.32. The lowest BCUT2D eigenvalue weighted by atomic mass is 9.84. The van der Waals surface area contributed by atoms with E-state index < -0.39 is 59.0 Å². The molecular formula is C44H55N7O9. The summed E-state index contributed by atoms with van der Waals surface area (Å²) in [5.74, 6) is -3.08. The number of primary amides is 2. The molecule has 6 rings (SSSR count). The highest BCUT2D eigenvalue weighted by Crippen LogP contribution is 2.49. The number of hydrogen-bond donors (Lipinski definition) is 7. The molecule has 0 spiro atoms. The molecule has 6 atom stereocenters. The van der Waals surface area contributed by atoms with E-state index in [2.05, 4.69) is 15.5 Å². The average molecular weight is 826 g/mol. The monoisotopic (exact) mass is 825 g/mol. The third-order valence-corrected chi connectivity index (χ3v) is 12.6. The fourth-order valence-electron chi connectivity index (χ4n) is 9.67. The van der Waals surface area contributed by atoms with Gasteiger partial charge in [0.2, 0.25) is 23.6 Å². The number of phenolic OH excluding ortho intramolecular Hbond substituents is 1. The number of nitrogens with two attached hydrogens (primary N) is 2. The van der Waals surface area contributed by atoms with Crippen molar-refractivity contribution in [2.75, 3.05) is 18.0 Å². The van der Waals surface area contributed by atoms with Crippen LogP contribution in [0.25, 0.3) is 0 Å². The number of benzene rings is 3. The molecule has 3 aromatic carbocycles.